The molecule has 0 unspecified atom stereocenters. The molecule has 4 aromatic rings. The highest BCUT2D eigenvalue weighted by Crippen LogP contribution is 2.37. The van der Waals surface area contributed by atoms with Gasteiger partial charge in [0.25, 0.3) is 5.91 Å². The predicted octanol–water partition coefficient (Wildman–Crippen LogP) is 5.59. The summed E-state index contributed by atoms with van der Waals surface area (Å²) in [5.41, 5.74) is 1.68. The average Bonchev–Trinajstić information content (AvgIpc) is 3.52. The summed E-state index contributed by atoms with van der Waals surface area (Å²) < 4.78 is 6.94. The highest BCUT2D eigenvalue weighted by molar-refractivity contribution is 7.18. The van der Waals surface area contributed by atoms with Crippen molar-refractivity contribution in [1.29, 1.82) is 0 Å². The Bertz CT molecular complexity index is 1310. The number of rotatable bonds is 5. The van der Waals surface area contributed by atoms with Crippen LogP contribution in [0.1, 0.15) is 66.1 Å². The van der Waals surface area contributed by atoms with Crippen LogP contribution in [0.5, 0.6) is 0 Å². The van der Waals surface area contributed by atoms with Gasteiger partial charge in [-0.25, -0.2) is 4.98 Å². The summed E-state index contributed by atoms with van der Waals surface area (Å²) in [6.07, 6.45) is 8.09. The van der Waals surface area contributed by atoms with Crippen molar-refractivity contribution in [1.82, 2.24) is 15.2 Å². The summed E-state index contributed by atoms with van der Waals surface area (Å²) in [6, 6.07) is 16.2. The third kappa shape index (κ3) is 4.60. The second-order valence-corrected chi connectivity index (χ2v) is 11.1. The highest BCUT2D eigenvalue weighted by Gasteiger charge is 2.36. The van der Waals surface area contributed by atoms with Crippen molar-refractivity contribution < 1.29 is 14.3 Å². The largest absolute Gasteiger partial charge is 0.451 e. The summed E-state index contributed by atoms with van der Waals surface area (Å²) in [5, 5.41) is 16.1. The number of furan rings is 1. The van der Waals surface area contributed by atoms with Crippen LogP contribution in [0, 0.1) is 0 Å². The number of nitrogens with one attached hydrogen (secondary N) is 1. The normalized spacial score (nSPS) is 19.3. The number of hydrogen-bond acceptors (Lipinski definition) is 6. The van der Waals surface area contributed by atoms with E-state index in [-0.39, 0.29) is 11.7 Å². The number of carbonyl (C=O) groups excluding carboxylic acids is 1. The molecule has 1 amide bonds. The number of para-hydroxylation sites is 1. The van der Waals surface area contributed by atoms with Gasteiger partial charge >= 0.3 is 0 Å². The maximum absolute atomic E-state index is 12.8. The fourth-order valence-corrected chi connectivity index (χ4v) is 6.58. The van der Waals surface area contributed by atoms with Gasteiger partial charge in [-0.3, -0.25) is 4.79 Å². The molecule has 6 nitrogen and oxygen atoms in total. The topological polar surface area (TPSA) is 78.6 Å². The lowest BCUT2D eigenvalue weighted by molar-refractivity contribution is -0.0391. The maximum atomic E-state index is 12.8. The summed E-state index contributed by atoms with van der Waals surface area (Å²) >= 11 is 1.58. The predicted molar refractivity (Wildman–Crippen MR) is 139 cm³/mol. The van der Waals surface area contributed by atoms with Gasteiger partial charge in [0.15, 0.2) is 5.76 Å². The zero-order valence-electron chi connectivity index (χ0n) is 19.8. The molecule has 1 saturated carbocycles. The molecule has 2 aromatic heterocycles. The second kappa shape index (κ2) is 9.37. The summed E-state index contributed by atoms with van der Waals surface area (Å²) in [4.78, 5) is 19.9. The Hall–Kier alpha value is -2.74. The molecule has 7 heteroatoms. The molecule has 2 aromatic carbocycles. The Labute approximate surface area is 209 Å². The van der Waals surface area contributed by atoms with Gasteiger partial charge in [0.1, 0.15) is 10.6 Å². The van der Waals surface area contributed by atoms with Crippen molar-refractivity contribution in [3.8, 4) is 0 Å². The molecule has 0 bridgehead atoms. The van der Waals surface area contributed by atoms with Gasteiger partial charge in [-0.05, 0) is 61.6 Å². The third-order valence-corrected chi connectivity index (χ3v) is 8.77. The van der Waals surface area contributed by atoms with E-state index in [9.17, 15) is 9.90 Å². The van der Waals surface area contributed by atoms with Crippen LogP contribution >= 0.6 is 11.3 Å². The lowest BCUT2D eigenvalue weighted by atomic mass is 9.82. The van der Waals surface area contributed by atoms with E-state index in [0.717, 1.165) is 52.1 Å². The molecule has 0 spiro atoms. The van der Waals surface area contributed by atoms with Crippen molar-refractivity contribution in [3.63, 3.8) is 0 Å². The van der Waals surface area contributed by atoms with Gasteiger partial charge in [0.2, 0.25) is 0 Å². The van der Waals surface area contributed by atoms with E-state index < -0.39 is 5.60 Å². The lowest BCUT2D eigenvalue weighted by Crippen LogP contribution is -2.47. The summed E-state index contributed by atoms with van der Waals surface area (Å²) in [7, 11) is 0. The van der Waals surface area contributed by atoms with Crippen molar-refractivity contribution in [2.45, 2.75) is 63.1 Å². The van der Waals surface area contributed by atoms with Crippen LogP contribution in [0.25, 0.3) is 21.2 Å². The minimum absolute atomic E-state index is 0.262. The number of aromatic nitrogens is 1. The first-order valence-corrected chi connectivity index (χ1v) is 13.5. The molecule has 0 atom stereocenters. The van der Waals surface area contributed by atoms with E-state index in [1.807, 2.05) is 42.5 Å². The quantitative estimate of drug-likeness (QED) is 0.382. The lowest BCUT2D eigenvalue weighted by Gasteiger charge is -2.43. The molecule has 1 aliphatic carbocycles. The van der Waals surface area contributed by atoms with E-state index in [4.69, 9.17) is 4.42 Å². The first kappa shape index (κ1) is 22.7. The van der Waals surface area contributed by atoms with Crippen molar-refractivity contribution in [2.24, 2.45) is 0 Å². The van der Waals surface area contributed by atoms with Gasteiger partial charge in [-0.2, -0.15) is 0 Å². The number of hydrogen-bond donors (Lipinski definition) is 2. The van der Waals surface area contributed by atoms with Crippen LogP contribution in [-0.2, 0) is 12.1 Å². The van der Waals surface area contributed by atoms with E-state index >= 15 is 0 Å². The van der Waals surface area contributed by atoms with Crippen LogP contribution in [0.3, 0.4) is 0 Å². The Morgan fingerprint density at radius 3 is 2.71 bits per heavy atom. The van der Waals surface area contributed by atoms with Crippen LogP contribution in [0.4, 0.5) is 0 Å². The second-order valence-electron chi connectivity index (χ2n) is 9.98. The number of fused-ring (bicyclic) bond motifs is 2. The Morgan fingerprint density at radius 1 is 1.11 bits per heavy atom. The van der Waals surface area contributed by atoms with Crippen molar-refractivity contribution in [2.75, 3.05) is 13.1 Å². The minimum Gasteiger partial charge on any atom is -0.451 e. The Morgan fingerprint density at radius 2 is 1.91 bits per heavy atom. The number of piperidine rings is 1. The number of aliphatic hydroxyl groups is 1. The minimum atomic E-state index is -0.827. The Balaban J connectivity index is 1.12. The van der Waals surface area contributed by atoms with E-state index in [2.05, 4.69) is 15.2 Å². The zero-order valence-corrected chi connectivity index (χ0v) is 20.7. The molecule has 35 heavy (non-hydrogen) atoms. The molecule has 6 rings (SSSR count). The van der Waals surface area contributed by atoms with Gasteiger partial charge in [-0.1, -0.05) is 37.5 Å². The van der Waals surface area contributed by atoms with Gasteiger partial charge < -0.3 is 19.7 Å². The number of nitrogens with zero attached hydrogens (tertiary/aromatic N) is 2. The SMILES string of the molecule is O=C(NCc1nc2ccccc2s1)c1cc2cc(C3(O)CCN(C4CCCCC4)CC3)ccc2o1. The Kier molecular flexibility index (Phi) is 6.08. The number of thiazole rings is 1. The van der Waals surface area contributed by atoms with Crippen molar-refractivity contribution >= 4 is 38.4 Å². The monoisotopic (exact) mass is 489 g/mol. The number of amides is 1. The van der Waals surface area contributed by atoms with Crippen molar-refractivity contribution in [3.05, 3.63) is 64.9 Å². The smallest absolute Gasteiger partial charge is 0.287 e. The van der Waals surface area contributed by atoms with Gasteiger partial charge in [-0.15, -0.1) is 11.3 Å². The first-order valence-electron chi connectivity index (χ1n) is 12.7. The van der Waals surface area contributed by atoms with E-state index in [1.54, 1.807) is 17.4 Å². The molecular formula is C28H31N3O3S. The van der Waals surface area contributed by atoms with Crippen LogP contribution in [-0.4, -0.2) is 40.0 Å². The first-order chi connectivity index (χ1) is 17.1. The van der Waals surface area contributed by atoms with Gasteiger partial charge in [0.05, 0.1) is 22.4 Å². The fraction of sp³-hybridized carbons (Fsp3) is 0.429. The average molecular weight is 490 g/mol. The molecule has 2 fully saturated rings. The van der Waals surface area contributed by atoms with E-state index in [1.165, 1.54) is 32.1 Å². The van der Waals surface area contributed by atoms with E-state index in [0.29, 0.717) is 18.2 Å². The standard InChI is InChI=1S/C28H31N3O3S/c32-27(29-18-26-30-22-8-4-5-9-25(22)35-26)24-17-19-16-20(10-11-23(19)34-24)28(33)12-14-31(15-13-28)21-6-2-1-3-7-21/h4-5,8-11,16-17,21,33H,1-3,6-7,12-15,18H2,(H,29,32). The number of carbonyl (C=O) groups is 1. The molecule has 0 radical (unpaired) electrons. The fourth-order valence-electron chi connectivity index (χ4n) is 5.68. The molecule has 2 N–H and O–H groups in total. The number of benzene rings is 2. The molecule has 182 valence electrons. The van der Waals surface area contributed by atoms with Crippen LogP contribution < -0.4 is 5.32 Å². The van der Waals surface area contributed by atoms with Gasteiger partial charge in [0, 0.05) is 24.5 Å². The zero-order chi connectivity index (χ0) is 23.8. The molecule has 2 aliphatic rings. The van der Waals surface area contributed by atoms with Crippen LogP contribution in [0.2, 0.25) is 0 Å². The molecule has 3 heterocycles. The maximum Gasteiger partial charge on any atom is 0.287 e. The molecule has 1 aliphatic heterocycles. The molecular weight excluding hydrogens is 458 g/mol. The summed E-state index contributed by atoms with van der Waals surface area (Å²) in [5.74, 6) is 0.0128. The number of likely N-dealkylation sites (tertiary alicyclic amines) is 1. The summed E-state index contributed by atoms with van der Waals surface area (Å²) in [6.45, 7) is 2.23. The molecule has 1 saturated heterocycles. The highest BCUT2D eigenvalue weighted by atomic mass is 32.1. The van der Waals surface area contributed by atoms with Crippen LogP contribution in [0.15, 0.2) is 52.9 Å². The third-order valence-electron chi connectivity index (χ3n) is 7.73.